The largest absolute Gasteiger partial charge is 0.493 e. The summed E-state index contributed by atoms with van der Waals surface area (Å²) in [6, 6.07) is 5.34. The molecule has 30 heavy (non-hydrogen) atoms. The predicted octanol–water partition coefficient (Wildman–Crippen LogP) is 2.31. The number of benzene rings is 1. The number of pyridine rings is 1. The van der Waals surface area contributed by atoms with Crippen LogP contribution in [-0.4, -0.2) is 56.5 Å². The Morgan fingerprint density at radius 2 is 1.93 bits per heavy atom. The second kappa shape index (κ2) is 9.45. The molecule has 0 amide bonds. The summed E-state index contributed by atoms with van der Waals surface area (Å²) in [5, 5.41) is 0.469. The molecule has 0 spiro atoms. The summed E-state index contributed by atoms with van der Waals surface area (Å²) >= 11 is 0. The maximum absolute atomic E-state index is 12.8. The van der Waals surface area contributed by atoms with Gasteiger partial charge in [0.2, 0.25) is 5.95 Å². The summed E-state index contributed by atoms with van der Waals surface area (Å²) in [5.41, 5.74) is 1.74. The first kappa shape index (κ1) is 21.4. The summed E-state index contributed by atoms with van der Waals surface area (Å²) in [6.07, 6.45) is 1.68. The summed E-state index contributed by atoms with van der Waals surface area (Å²) in [7, 11) is 6.55. The Hall–Kier alpha value is -3.33. The quantitative estimate of drug-likeness (QED) is 0.533. The number of aryl methyl sites for hydroxylation is 1. The number of H-pyrrole nitrogens is 1. The molecule has 9 nitrogen and oxygen atoms in total. The summed E-state index contributed by atoms with van der Waals surface area (Å²) in [4.78, 5) is 26.4. The summed E-state index contributed by atoms with van der Waals surface area (Å²) in [5.74, 6) is 2.18. The van der Waals surface area contributed by atoms with Gasteiger partial charge in [0.1, 0.15) is 12.4 Å². The number of methoxy groups -OCH3 is 3. The molecule has 0 atom stereocenters. The Kier molecular flexibility index (Phi) is 6.73. The van der Waals surface area contributed by atoms with E-state index < -0.39 is 0 Å². The lowest BCUT2D eigenvalue weighted by Gasteiger charge is -2.19. The van der Waals surface area contributed by atoms with Crippen molar-refractivity contribution in [2.24, 2.45) is 0 Å². The number of hydrogen-bond donors (Lipinski definition) is 1. The molecule has 0 saturated carbocycles. The predicted molar refractivity (Wildman–Crippen MR) is 114 cm³/mol. The minimum atomic E-state index is -0.245. The number of nitrogens with zero attached hydrogens (tertiary/aromatic N) is 3. The van der Waals surface area contributed by atoms with Crippen molar-refractivity contribution in [3.63, 3.8) is 0 Å². The summed E-state index contributed by atoms with van der Waals surface area (Å²) < 4.78 is 21.4. The summed E-state index contributed by atoms with van der Waals surface area (Å²) in [6.45, 7) is 3.21. The molecule has 1 aromatic carbocycles. The van der Waals surface area contributed by atoms with Crippen LogP contribution in [0.3, 0.4) is 0 Å². The van der Waals surface area contributed by atoms with E-state index in [0.717, 1.165) is 5.69 Å². The third-order valence-corrected chi connectivity index (χ3v) is 4.67. The first-order valence-corrected chi connectivity index (χ1v) is 9.41. The highest BCUT2D eigenvalue weighted by Gasteiger charge is 2.17. The topological polar surface area (TPSA) is 98.8 Å². The number of aromatic amines is 1. The zero-order chi connectivity index (χ0) is 21.7. The Morgan fingerprint density at radius 3 is 2.63 bits per heavy atom. The van der Waals surface area contributed by atoms with Gasteiger partial charge in [-0.1, -0.05) is 0 Å². The molecule has 0 aliphatic heterocycles. The number of aromatic nitrogens is 3. The number of anilines is 1. The van der Waals surface area contributed by atoms with E-state index in [-0.39, 0.29) is 5.56 Å². The third kappa shape index (κ3) is 4.46. The monoisotopic (exact) mass is 414 g/mol. The number of ether oxygens (including phenoxy) is 4. The number of rotatable bonds is 9. The molecule has 2 heterocycles. The minimum Gasteiger partial charge on any atom is -0.493 e. The van der Waals surface area contributed by atoms with Crippen molar-refractivity contribution in [3.8, 4) is 17.2 Å². The Labute approximate surface area is 174 Å². The number of fused-ring (bicyclic) bond motifs is 1. The van der Waals surface area contributed by atoms with Gasteiger partial charge in [-0.05, 0) is 13.0 Å². The first-order chi connectivity index (χ1) is 14.5. The van der Waals surface area contributed by atoms with Crippen molar-refractivity contribution in [1.82, 2.24) is 15.0 Å². The molecule has 3 rings (SSSR count). The molecule has 0 aliphatic carbocycles. The lowest BCUT2D eigenvalue weighted by Crippen LogP contribution is -2.23. The smallest absolute Gasteiger partial charge is 0.260 e. The van der Waals surface area contributed by atoms with Gasteiger partial charge in [0, 0.05) is 38.1 Å². The molecule has 0 saturated heterocycles. The molecule has 0 bridgehead atoms. The Bertz CT molecular complexity index is 1080. The van der Waals surface area contributed by atoms with Gasteiger partial charge < -0.3 is 23.8 Å². The maximum Gasteiger partial charge on any atom is 0.260 e. The van der Waals surface area contributed by atoms with E-state index in [1.165, 1.54) is 0 Å². The van der Waals surface area contributed by atoms with Crippen LogP contribution in [0.2, 0.25) is 0 Å². The average molecular weight is 414 g/mol. The number of nitrogens with one attached hydrogen (secondary N) is 1. The molecule has 3 aromatic rings. The van der Waals surface area contributed by atoms with Crippen LogP contribution in [-0.2, 0) is 11.3 Å². The van der Waals surface area contributed by atoms with E-state index in [9.17, 15) is 4.79 Å². The van der Waals surface area contributed by atoms with Gasteiger partial charge in [0.05, 0.1) is 44.0 Å². The molecule has 9 heteroatoms. The first-order valence-electron chi connectivity index (χ1n) is 9.41. The highest BCUT2D eigenvalue weighted by atomic mass is 16.5. The molecule has 160 valence electrons. The van der Waals surface area contributed by atoms with Crippen LogP contribution in [0.15, 0.2) is 29.2 Å². The highest BCUT2D eigenvalue weighted by molar-refractivity contribution is 5.86. The second-order valence-electron chi connectivity index (χ2n) is 6.70. The van der Waals surface area contributed by atoms with Crippen molar-refractivity contribution in [1.29, 1.82) is 0 Å². The molecular formula is C21H26N4O5. The van der Waals surface area contributed by atoms with E-state index in [0.29, 0.717) is 59.4 Å². The van der Waals surface area contributed by atoms with Crippen LogP contribution >= 0.6 is 0 Å². The number of hydrogen-bond acceptors (Lipinski definition) is 8. The molecule has 0 aliphatic rings. The fourth-order valence-electron chi connectivity index (χ4n) is 3.21. The fraction of sp³-hybridized carbons (Fsp3) is 0.381. The van der Waals surface area contributed by atoms with Gasteiger partial charge in [-0.15, -0.1) is 0 Å². The van der Waals surface area contributed by atoms with Crippen molar-refractivity contribution in [2.45, 2.75) is 13.5 Å². The Morgan fingerprint density at radius 1 is 1.13 bits per heavy atom. The molecule has 0 fully saturated rings. The van der Waals surface area contributed by atoms with Crippen molar-refractivity contribution < 1.29 is 18.9 Å². The molecular weight excluding hydrogens is 388 g/mol. The van der Waals surface area contributed by atoms with Crippen LogP contribution in [0, 0.1) is 6.92 Å². The van der Waals surface area contributed by atoms with E-state index in [4.69, 9.17) is 18.9 Å². The second-order valence-corrected chi connectivity index (χ2v) is 6.70. The zero-order valence-corrected chi connectivity index (χ0v) is 17.8. The van der Waals surface area contributed by atoms with Gasteiger partial charge in [-0.2, -0.15) is 0 Å². The molecule has 1 N–H and O–H groups in total. The van der Waals surface area contributed by atoms with Gasteiger partial charge >= 0.3 is 0 Å². The van der Waals surface area contributed by atoms with Crippen molar-refractivity contribution in [2.75, 3.05) is 46.5 Å². The van der Waals surface area contributed by atoms with Crippen LogP contribution in [0.25, 0.3) is 10.9 Å². The van der Waals surface area contributed by atoms with Crippen LogP contribution in [0.4, 0.5) is 5.95 Å². The van der Waals surface area contributed by atoms with Crippen molar-refractivity contribution in [3.05, 3.63) is 46.0 Å². The zero-order valence-electron chi connectivity index (χ0n) is 17.8. The lowest BCUT2D eigenvalue weighted by molar-refractivity contribution is 0.146. The average Bonchev–Trinajstić information content (AvgIpc) is 2.73. The normalized spacial score (nSPS) is 10.8. The van der Waals surface area contributed by atoms with Crippen LogP contribution < -0.4 is 24.7 Å². The van der Waals surface area contributed by atoms with Gasteiger partial charge in [0.15, 0.2) is 11.5 Å². The molecule has 0 unspecified atom stereocenters. The van der Waals surface area contributed by atoms with Gasteiger partial charge in [-0.25, -0.2) is 4.98 Å². The van der Waals surface area contributed by atoms with Crippen LogP contribution in [0.5, 0.6) is 17.2 Å². The van der Waals surface area contributed by atoms with E-state index >= 15 is 0 Å². The standard InChI is InChI=1S/C21H26N4O5/c1-13-18-16(11-17(28-4)19(13)29-5)23-21(24-20(18)26)25(2)12-14-10-15(6-7-22-14)30-9-8-27-3/h6-7,10-11H,8-9,12H2,1-5H3,(H,23,24,26). The van der Waals surface area contributed by atoms with E-state index in [1.54, 1.807) is 39.7 Å². The Balaban J connectivity index is 1.89. The molecule has 0 radical (unpaired) electrons. The van der Waals surface area contributed by atoms with Crippen LogP contribution in [0.1, 0.15) is 11.3 Å². The van der Waals surface area contributed by atoms with Gasteiger partial charge in [0.25, 0.3) is 5.56 Å². The minimum absolute atomic E-state index is 0.245. The van der Waals surface area contributed by atoms with Gasteiger partial charge in [-0.3, -0.25) is 14.8 Å². The SMILES string of the molecule is COCCOc1ccnc(CN(C)c2nc3cc(OC)c(OC)c(C)c3c(=O)[nH]2)c1. The van der Waals surface area contributed by atoms with E-state index in [1.807, 2.05) is 24.9 Å². The van der Waals surface area contributed by atoms with Crippen molar-refractivity contribution >= 4 is 16.9 Å². The third-order valence-electron chi connectivity index (χ3n) is 4.67. The fourth-order valence-corrected chi connectivity index (χ4v) is 3.21. The maximum atomic E-state index is 12.8. The highest BCUT2D eigenvalue weighted by Crippen LogP contribution is 2.35. The molecule has 2 aromatic heterocycles. The lowest BCUT2D eigenvalue weighted by atomic mass is 10.1. The van der Waals surface area contributed by atoms with E-state index in [2.05, 4.69) is 15.0 Å².